The molecule has 0 N–H and O–H groups in total. The number of aromatic nitrogens is 1. The van der Waals surface area contributed by atoms with Crippen LogP contribution in [0.3, 0.4) is 0 Å². The van der Waals surface area contributed by atoms with Crippen molar-refractivity contribution in [1.82, 2.24) is 4.57 Å². The SMILES string of the molecule is CC.Cc1cc(-c2ccc3c(c2)c2ccccc2n3-c2ccccc2)cc(N(C2=CCC(C)C=C2)c2ccc3c(c2)C(c2ccccc2)(c2ccccc2)c2ccccc2-3)c1.Cc1cccc2ccccc12.c1ccccc1. The summed E-state index contributed by atoms with van der Waals surface area (Å²) in [5.74, 6) is 0.497. The van der Waals surface area contributed by atoms with Crippen LogP contribution in [0.4, 0.5) is 11.4 Å². The van der Waals surface area contributed by atoms with Crippen LogP contribution in [0.25, 0.3) is 60.5 Å². The summed E-state index contributed by atoms with van der Waals surface area (Å²) in [6.45, 7) is 10.7. The monoisotopic (exact) mass is 1010 g/mol. The fourth-order valence-electron chi connectivity index (χ4n) is 11.7. The molecule has 1 heterocycles. The number of aryl methyl sites for hydroxylation is 2. The second-order valence-corrected chi connectivity index (χ2v) is 20.2. The number of para-hydroxylation sites is 2. The molecule has 0 aliphatic heterocycles. The fraction of sp³-hybridized carbons (Fsp3) is 0.105. The first-order valence-electron chi connectivity index (χ1n) is 27.6. The molecule has 11 aromatic carbocycles. The number of rotatable bonds is 7. The zero-order valence-corrected chi connectivity index (χ0v) is 45.4. The molecule has 2 aliphatic carbocycles. The van der Waals surface area contributed by atoms with Gasteiger partial charge in [-0.15, -0.1) is 0 Å². The molecular weight excluding hydrogens is 941 g/mol. The number of nitrogens with zero attached hydrogens (tertiary/aromatic N) is 2. The first kappa shape index (κ1) is 50.9. The van der Waals surface area contributed by atoms with Crippen LogP contribution >= 0.6 is 0 Å². The topological polar surface area (TPSA) is 8.17 Å². The maximum absolute atomic E-state index is 2.49. The highest BCUT2D eigenvalue weighted by atomic mass is 15.1. The van der Waals surface area contributed by atoms with Crippen LogP contribution in [0.2, 0.25) is 0 Å². The standard InChI is InChI=1S/C57H44N2.C11H10.C6H6.C2H6/c1-39-26-29-46(30-27-39)58(47-31-32-50-49-22-12-14-24-53(49)57(54(50)38-47,43-16-6-3-7-17-43)44-18-8-4-9-19-44)48-35-40(2)34-42(36-48)41-28-33-56-52(37-41)51-23-13-15-25-55(51)59(56)45-20-10-5-11-21-45;1-9-5-4-7-10-6-2-3-8-11(9)10;1-2-4-6-5-3-1;1-2/h3-26,28-39H,27H2,1-2H3;2-8H,1H3;1-6H;1-2H3. The molecular formula is C76H66N2. The summed E-state index contributed by atoms with van der Waals surface area (Å²) in [5.41, 5.74) is 19.3. The van der Waals surface area contributed by atoms with E-state index < -0.39 is 5.41 Å². The quantitative estimate of drug-likeness (QED) is 0.154. The average Bonchev–Trinajstić information content (AvgIpc) is 4.20. The maximum atomic E-state index is 2.49. The summed E-state index contributed by atoms with van der Waals surface area (Å²) in [4.78, 5) is 2.49. The zero-order chi connectivity index (χ0) is 53.4. The van der Waals surface area contributed by atoms with Gasteiger partial charge in [0.2, 0.25) is 0 Å². The molecule has 0 spiro atoms. The molecule has 380 valence electrons. The van der Waals surface area contributed by atoms with Gasteiger partial charge in [0.15, 0.2) is 0 Å². The Morgan fingerprint density at radius 2 is 1.01 bits per heavy atom. The van der Waals surface area contributed by atoms with E-state index in [1.807, 2.05) is 50.2 Å². The number of hydrogen-bond donors (Lipinski definition) is 0. The van der Waals surface area contributed by atoms with Crippen molar-refractivity contribution in [2.75, 3.05) is 4.90 Å². The Labute approximate surface area is 461 Å². The summed E-state index contributed by atoms with van der Waals surface area (Å²) >= 11 is 0. The van der Waals surface area contributed by atoms with Crippen LogP contribution in [-0.4, -0.2) is 4.57 Å². The van der Waals surface area contributed by atoms with E-state index in [1.54, 1.807) is 0 Å². The maximum Gasteiger partial charge on any atom is 0.0714 e. The highest BCUT2D eigenvalue weighted by Gasteiger charge is 2.46. The molecule has 2 aliphatic rings. The van der Waals surface area contributed by atoms with E-state index >= 15 is 0 Å². The van der Waals surface area contributed by atoms with Crippen molar-refractivity contribution in [3.63, 3.8) is 0 Å². The van der Waals surface area contributed by atoms with Gasteiger partial charge in [0.25, 0.3) is 0 Å². The van der Waals surface area contributed by atoms with Crippen molar-refractivity contribution in [2.24, 2.45) is 5.92 Å². The van der Waals surface area contributed by atoms with Crippen LogP contribution in [-0.2, 0) is 5.41 Å². The Morgan fingerprint density at radius 1 is 0.436 bits per heavy atom. The van der Waals surface area contributed by atoms with Gasteiger partial charge in [0.1, 0.15) is 0 Å². The van der Waals surface area contributed by atoms with Gasteiger partial charge in [0, 0.05) is 33.5 Å². The van der Waals surface area contributed by atoms with Gasteiger partial charge in [0.05, 0.1) is 16.4 Å². The Hall–Kier alpha value is -9.24. The second-order valence-electron chi connectivity index (χ2n) is 20.2. The number of allylic oxidation sites excluding steroid dienone is 3. The minimum atomic E-state index is -0.479. The minimum Gasteiger partial charge on any atom is -0.311 e. The molecule has 14 rings (SSSR count). The summed E-state index contributed by atoms with van der Waals surface area (Å²) < 4.78 is 2.39. The molecule has 0 saturated carbocycles. The third-order valence-electron chi connectivity index (χ3n) is 15.3. The largest absolute Gasteiger partial charge is 0.311 e. The Kier molecular flexibility index (Phi) is 15.0. The normalized spacial score (nSPS) is 13.7. The van der Waals surface area contributed by atoms with E-state index in [-0.39, 0.29) is 0 Å². The predicted molar refractivity (Wildman–Crippen MR) is 334 cm³/mol. The van der Waals surface area contributed by atoms with Crippen molar-refractivity contribution in [3.05, 3.63) is 330 Å². The average molecular weight is 1010 g/mol. The van der Waals surface area contributed by atoms with Crippen molar-refractivity contribution >= 4 is 44.0 Å². The van der Waals surface area contributed by atoms with Gasteiger partial charge in [-0.3, -0.25) is 0 Å². The van der Waals surface area contributed by atoms with Crippen LogP contribution in [0.1, 0.15) is 60.6 Å². The van der Waals surface area contributed by atoms with Gasteiger partial charge in [-0.05, 0) is 153 Å². The van der Waals surface area contributed by atoms with Gasteiger partial charge in [-0.2, -0.15) is 0 Å². The van der Waals surface area contributed by atoms with E-state index in [2.05, 4.69) is 285 Å². The molecule has 2 heteroatoms. The van der Waals surface area contributed by atoms with E-state index in [9.17, 15) is 0 Å². The Bertz CT molecular complexity index is 3980. The Balaban J connectivity index is 0.000000287. The lowest BCUT2D eigenvalue weighted by Crippen LogP contribution is -2.29. The summed E-state index contributed by atoms with van der Waals surface area (Å²) in [5, 5.41) is 5.20. The van der Waals surface area contributed by atoms with Crippen LogP contribution in [0, 0.1) is 19.8 Å². The van der Waals surface area contributed by atoms with E-state index in [1.165, 1.54) is 99.6 Å². The van der Waals surface area contributed by atoms with E-state index in [4.69, 9.17) is 0 Å². The van der Waals surface area contributed by atoms with E-state index in [0.29, 0.717) is 5.92 Å². The summed E-state index contributed by atoms with van der Waals surface area (Å²) in [6.07, 6.45) is 8.10. The van der Waals surface area contributed by atoms with Crippen LogP contribution in [0.5, 0.6) is 0 Å². The van der Waals surface area contributed by atoms with Crippen molar-refractivity contribution in [1.29, 1.82) is 0 Å². The molecule has 0 radical (unpaired) electrons. The molecule has 2 nitrogen and oxygen atoms in total. The first-order valence-corrected chi connectivity index (χ1v) is 27.6. The first-order chi connectivity index (χ1) is 38.5. The van der Waals surface area contributed by atoms with E-state index in [0.717, 1.165) is 17.8 Å². The highest BCUT2D eigenvalue weighted by molar-refractivity contribution is 6.10. The number of benzene rings is 11. The van der Waals surface area contributed by atoms with Gasteiger partial charge in [-0.25, -0.2) is 0 Å². The molecule has 0 saturated heterocycles. The number of anilines is 2. The van der Waals surface area contributed by atoms with Crippen LogP contribution < -0.4 is 4.90 Å². The van der Waals surface area contributed by atoms with Crippen molar-refractivity contribution in [2.45, 2.75) is 46.5 Å². The van der Waals surface area contributed by atoms with Crippen molar-refractivity contribution < 1.29 is 0 Å². The molecule has 0 amide bonds. The lowest BCUT2D eigenvalue weighted by atomic mass is 9.67. The molecule has 1 atom stereocenters. The third-order valence-corrected chi connectivity index (χ3v) is 15.3. The lowest BCUT2D eigenvalue weighted by molar-refractivity contribution is 0.728. The van der Waals surface area contributed by atoms with Gasteiger partial charge in [-0.1, -0.05) is 251 Å². The zero-order valence-electron chi connectivity index (χ0n) is 45.4. The molecule has 1 aromatic heterocycles. The van der Waals surface area contributed by atoms with Crippen molar-refractivity contribution in [3.8, 4) is 27.9 Å². The minimum absolute atomic E-state index is 0.479. The highest BCUT2D eigenvalue weighted by Crippen LogP contribution is 2.57. The molecule has 0 fully saturated rings. The number of hydrogen-bond acceptors (Lipinski definition) is 1. The molecule has 0 bridgehead atoms. The lowest BCUT2D eigenvalue weighted by Gasteiger charge is -2.35. The predicted octanol–water partition coefficient (Wildman–Crippen LogP) is 20.6. The Morgan fingerprint density at radius 3 is 1.69 bits per heavy atom. The second kappa shape index (κ2) is 22.9. The van der Waals surface area contributed by atoms with Crippen LogP contribution in [0.15, 0.2) is 297 Å². The third kappa shape index (κ3) is 9.79. The summed E-state index contributed by atoms with van der Waals surface area (Å²) in [7, 11) is 0. The number of fused-ring (bicyclic) bond motifs is 7. The molecule has 12 aromatic rings. The van der Waals surface area contributed by atoms with Gasteiger partial charge < -0.3 is 9.47 Å². The fourth-order valence-corrected chi connectivity index (χ4v) is 11.7. The smallest absolute Gasteiger partial charge is 0.0714 e. The molecule has 1 unspecified atom stereocenters. The summed E-state index contributed by atoms with van der Waals surface area (Å²) in [6, 6.07) is 98.7. The molecule has 78 heavy (non-hydrogen) atoms. The van der Waals surface area contributed by atoms with Gasteiger partial charge >= 0.3 is 0 Å².